The Morgan fingerprint density at radius 2 is 1.58 bits per heavy atom. The highest BCUT2D eigenvalue weighted by atomic mass is 16.4. The molecule has 52 heavy (non-hydrogen) atoms. The SMILES string of the molecule is C=C(C)C1CCC2(C(=O)O)CCC3(CC)C(CCC4C5(C)CC=C(c6ccc(-c7cnc8ccccc8c7C(=O)O)cc6)C(C)(C)C5CCC43C)C12. The smallest absolute Gasteiger partial charge is 0.337 e. The van der Waals surface area contributed by atoms with Gasteiger partial charge in [0.25, 0.3) is 0 Å². The van der Waals surface area contributed by atoms with E-state index < -0.39 is 17.4 Å². The monoisotopic (exact) mass is 699 g/mol. The molecule has 9 unspecified atom stereocenters. The molecule has 5 nitrogen and oxygen atoms in total. The van der Waals surface area contributed by atoms with Crippen LogP contribution in [0.25, 0.3) is 27.6 Å². The molecule has 8 rings (SSSR count). The van der Waals surface area contributed by atoms with Crippen LogP contribution in [0.2, 0.25) is 0 Å². The summed E-state index contributed by atoms with van der Waals surface area (Å²) < 4.78 is 0. The maximum absolute atomic E-state index is 13.1. The molecule has 0 aliphatic heterocycles. The van der Waals surface area contributed by atoms with Crippen LogP contribution in [0.5, 0.6) is 0 Å². The molecule has 0 spiro atoms. The van der Waals surface area contributed by atoms with Gasteiger partial charge in [0.2, 0.25) is 0 Å². The number of aliphatic carboxylic acids is 1. The van der Waals surface area contributed by atoms with Crippen molar-refractivity contribution in [3.63, 3.8) is 0 Å². The molecule has 0 saturated heterocycles. The average molecular weight is 700 g/mol. The lowest BCUT2D eigenvalue weighted by Gasteiger charge is -2.73. The minimum Gasteiger partial charge on any atom is -0.481 e. The number of aromatic carboxylic acids is 1. The van der Waals surface area contributed by atoms with Gasteiger partial charge in [-0.05, 0) is 145 Å². The number of pyridine rings is 1. The van der Waals surface area contributed by atoms with Gasteiger partial charge < -0.3 is 10.2 Å². The molecule has 4 saturated carbocycles. The molecular weight excluding hydrogens is 643 g/mol. The van der Waals surface area contributed by atoms with E-state index >= 15 is 0 Å². The van der Waals surface area contributed by atoms with Gasteiger partial charge in [0.05, 0.1) is 16.5 Å². The highest BCUT2D eigenvalue weighted by molar-refractivity contribution is 6.08. The van der Waals surface area contributed by atoms with Gasteiger partial charge in [0.1, 0.15) is 0 Å². The number of hydrogen-bond donors (Lipinski definition) is 2. The first-order valence-corrected chi connectivity index (χ1v) is 20.0. The minimum absolute atomic E-state index is 0.0374. The van der Waals surface area contributed by atoms with Crippen molar-refractivity contribution in [3.8, 4) is 11.1 Å². The molecule has 5 aliphatic rings. The number of carbonyl (C=O) groups is 2. The number of carboxylic acids is 2. The Balaban J connectivity index is 1.13. The Labute approximate surface area is 310 Å². The molecule has 1 aromatic heterocycles. The second-order valence-corrected chi connectivity index (χ2v) is 18.7. The molecule has 0 bridgehead atoms. The molecular formula is C47H57NO4. The molecule has 1 heterocycles. The standard InChI is InChI=1S/C47H57NO4/c1-8-47-26-25-46(42(51)52)24-19-31(28(2)3)40(46)35(47)17-18-38-44(6)22-20-34(43(4,5)37(44)21-23-45(38,47)7)30-15-13-29(14-16-30)33-27-48-36-12-10-9-11-32(36)39(33)41(49)50/h9-16,20,27,31,35,37-38,40H,2,8,17-19,21-26H2,1,3-7H3,(H,49,50)(H,51,52). The lowest BCUT2D eigenvalue weighted by atomic mass is 9.31. The molecule has 2 aromatic carbocycles. The molecule has 4 fully saturated rings. The Hall–Kier alpha value is -3.73. The summed E-state index contributed by atoms with van der Waals surface area (Å²) in [6.45, 7) is 19.2. The summed E-state index contributed by atoms with van der Waals surface area (Å²) in [5, 5.41) is 21.7. The summed E-state index contributed by atoms with van der Waals surface area (Å²) in [5.41, 5.74) is 6.16. The number of fused-ring (bicyclic) bond motifs is 8. The van der Waals surface area contributed by atoms with Gasteiger partial charge in [-0.2, -0.15) is 0 Å². The van der Waals surface area contributed by atoms with E-state index in [4.69, 9.17) is 0 Å². The highest BCUT2D eigenvalue weighted by Crippen LogP contribution is 2.78. The first-order valence-electron chi connectivity index (χ1n) is 20.0. The zero-order valence-electron chi connectivity index (χ0n) is 32.1. The van der Waals surface area contributed by atoms with Gasteiger partial charge in [-0.1, -0.05) is 95.3 Å². The van der Waals surface area contributed by atoms with Crippen LogP contribution in [0.3, 0.4) is 0 Å². The molecule has 0 radical (unpaired) electrons. The van der Waals surface area contributed by atoms with Crippen LogP contribution >= 0.6 is 0 Å². The fourth-order valence-corrected chi connectivity index (χ4v) is 14.7. The first-order chi connectivity index (χ1) is 24.7. The number of rotatable bonds is 6. The van der Waals surface area contributed by atoms with E-state index in [0.717, 1.165) is 50.5 Å². The lowest BCUT2D eigenvalue weighted by molar-refractivity contribution is -0.235. The topological polar surface area (TPSA) is 87.5 Å². The Kier molecular flexibility index (Phi) is 8.07. The summed E-state index contributed by atoms with van der Waals surface area (Å²) >= 11 is 0. The quantitative estimate of drug-likeness (QED) is 0.250. The number of benzene rings is 2. The maximum Gasteiger partial charge on any atom is 0.337 e. The molecule has 5 heteroatoms. The van der Waals surface area contributed by atoms with Gasteiger partial charge in [-0.25, -0.2) is 4.79 Å². The van der Waals surface area contributed by atoms with Gasteiger partial charge in [0.15, 0.2) is 0 Å². The number of nitrogens with zero attached hydrogens (tertiary/aromatic N) is 1. The molecule has 3 aromatic rings. The predicted molar refractivity (Wildman–Crippen MR) is 209 cm³/mol. The van der Waals surface area contributed by atoms with Crippen molar-refractivity contribution in [2.75, 3.05) is 0 Å². The first kappa shape index (κ1) is 35.3. The maximum atomic E-state index is 13.1. The van der Waals surface area contributed by atoms with Crippen molar-refractivity contribution in [1.82, 2.24) is 4.98 Å². The zero-order valence-corrected chi connectivity index (χ0v) is 32.1. The minimum atomic E-state index is -0.940. The molecule has 5 aliphatic carbocycles. The summed E-state index contributed by atoms with van der Waals surface area (Å²) in [7, 11) is 0. The van der Waals surface area contributed by atoms with Crippen molar-refractivity contribution in [1.29, 1.82) is 0 Å². The van der Waals surface area contributed by atoms with Crippen molar-refractivity contribution < 1.29 is 19.8 Å². The number of aromatic nitrogens is 1. The van der Waals surface area contributed by atoms with Crippen molar-refractivity contribution >= 4 is 28.4 Å². The summed E-state index contributed by atoms with van der Waals surface area (Å²) in [4.78, 5) is 30.2. The van der Waals surface area contributed by atoms with Crippen LogP contribution in [-0.2, 0) is 4.79 Å². The van der Waals surface area contributed by atoms with Crippen LogP contribution < -0.4 is 0 Å². The Bertz CT molecular complexity index is 2010. The predicted octanol–water partition coefficient (Wildman–Crippen LogP) is 11.7. The van der Waals surface area contributed by atoms with Gasteiger partial charge in [-0.15, -0.1) is 0 Å². The van der Waals surface area contributed by atoms with E-state index in [1.807, 2.05) is 24.3 Å². The van der Waals surface area contributed by atoms with Gasteiger partial charge in [-0.3, -0.25) is 9.78 Å². The lowest BCUT2D eigenvalue weighted by Crippen LogP contribution is -2.66. The molecule has 2 N–H and O–H groups in total. The van der Waals surface area contributed by atoms with Crippen LogP contribution in [0, 0.1) is 56.7 Å². The van der Waals surface area contributed by atoms with Crippen LogP contribution in [-0.4, -0.2) is 27.1 Å². The van der Waals surface area contributed by atoms with E-state index in [0.29, 0.717) is 45.7 Å². The molecule has 0 amide bonds. The van der Waals surface area contributed by atoms with E-state index in [9.17, 15) is 19.8 Å². The van der Waals surface area contributed by atoms with Crippen LogP contribution in [0.15, 0.2) is 73.0 Å². The van der Waals surface area contributed by atoms with Gasteiger partial charge >= 0.3 is 11.9 Å². The summed E-state index contributed by atoms with van der Waals surface area (Å²) in [6.07, 6.45) is 14.8. The second kappa shape index (κ2) is 11.9. The van der Waals surface area contributed by atoms with E-state index in [-0.39, 0.29) is 27.6 Å². The third-order valence-corrected chi connectivity index (χ3v) is 16.8. The fraction of sp³-hybridized carbons (Fsp3) is 0.553. The van der Waals surface area contributed by atoms with E-state index in [1.165, 1.54) is 36.0 Å². The number of hydrogen-bond acceptors (Lipinski definition) is 3. The normalized spacial score (nSPS) is 37.6. The highest BCUT2D eigenvalue weighted by Gasteiger charge is 2.72. The van der Waals surface area contributed by atoms with Crippen molar-refractivity contribution in [2.45, 2.75) is 106 Å². The van der Waals surface area contributed by atoms with E-state index in [2.05, 4.69) is 83.4 Å². The number of para-hydroxylation sites is 1. The third kappa shape index (κ3) is 4.56. The third-order valence-electron chi connectivity index (χ3n) is 16.8. The molecule has 9 atom stereocenters. The Morgan fingerprint density at radius 1 is 0.865 bits per heavy atom. The second-order valence-electron chi connectivity index (χ2n) is 18.7. The number of allylic oxidation sites excluding steroid dienone is 3. The Morgan fingerprint density at radius 3 is 2.25 bits per heavy atom. The van der Waals surface area contributed by atoms with E-state index in [1.54, 1.807) is 6.20 Å². The molecule has 274 valence electrons. The van der Waals surface area contributed by atoms with Crippen molar-refractivity contribution in [3.05, 3.63) is 84.1 Å². The van der Waals surface area contributed by atoms with Gasteiger partial charge in [0, 0.05) is 17.1 Å². The van der Waals surface area contributed by atoms with Crippen LogP contribution in [0.1, 0.15) is 122 Å². The summed E-state index contributed by atoms with van der Waals surface area (Å²) in [6, 6.07) is 16.0. The average Bonchev–Trinajstić information content (AvgIpc) is 3.53. The largest absolute Gasteiger partial charge is 0.481 e. The summed E-state index contributed by atoms with van der Waals surface area (Å²) in [5.74, 6) is 0.587. The number of carboxylic acid groups (broad SMARTS) is 2. The zero-order chi connectivity index (χ0) is 37.0. The van der Waals surface area contributed by atoms with Crippen LogP contribution in [0.4, 0.5) is 0 Å². The fourth-order valence-electron chi connectivity index (χ4n) is 14.7. The van der Waals surface area contributed by atoms with Crippen molar-refractivity contribution in [2.24, 2.45) is 56.7 Å².